The highest BCUT2D eigenvalue weighted by Gasteiger charge is 2.21. The Hall–Kier alpha value is -12.7. The molecule has 0 N–H and O–H groups in total. The number of hydrogen-bond acceptors (Lipinski definition) is 32. The number of thiazole rings is 2. The number of ether oxygens (including phenoxy) is 12. The minimum Gasteiger partial charge on any atom is -0.491 e. The van der Waals surface area contributed by atoms with Crippen molar-refractivity contribution >= 4 is 57.4 Å². The van der Waals surface area contributed by atoms with Crippen LogP contribution in [0.5, 0.6) is 34.5 Å². The maximum Gasteiger partial charge on any atom is 0.188 e. The minimum atomic E-state index is -0.0768. The minimum absolute atomic E-state index is 0.00841. The number of pyridine rings is 10. The Morgan fingerprint density at radius 3 is 0.657 bits per heavy atom. The van der Waals surface area contributed by atoms with E-state index in [4.69, 9.17) is 56.8 Å². The SMILES string of the molecule is CO[C@@H](C)COc1cc(C)nc(C(=O)Cc2ccc(C)cn2)c1.CO[C@@H](C)COc1cc(C)nc(C(=O)Cc2ccccn2)c1.CO[C@@H](C)COc1cc(C)nc(C(=O)Cc2nc(C)cs2)c1.CO[C@H](C)COc1cc(C)nc(C(=O)Cc2ccc(C)cn2)c1.CO[C@H](C)COc1cc(C)nc(C(=O)Cc2ccccn2)c1.CO[C@H](C)COc1cc(C)nc(C(=O)Cc2nc(C)cs2)c1. The summed E-state index contributed by atoms with van der Waals surface area (Å²) in [5, 5.41) is 5.49. The molecule has 12 aromatic heterocycles. The Labute approximate surface area is 793 Å². The third-order valence-corrected chi connectivity index (χ3v) is 21.3. The Morgan fingerprint density at radius 1 is 0.261 bits per heavy atom. The summed E-state index contributed by atoms with van der Waals surface area (Å²) in [6.07, 6.45) is 8.23. The van der Waals surface area contributed by atoms with E-state index in [1.165, 1.54) is 22.7 Å². The van der Waals surface area contributed by atoms with Gasteiger partial charge in [-0.15, -0.1) is 22.7 Å². The molecule has 0 spiro atoms. The van der Waals surface area contributed by atoms with Gasteiger partial charge in [0.2, 0.25) is 0 Å². The highest BCUT2D eigenvalue weighted by molar-refractivity contribution is 7.10. The number of nitrogens with zero attached hydrogens (tertiary/aromatic N) is 12. The lowest BCUT2D eigenvalue weighted by molar-refractivity contribution is 0.0715. The van der Waals surface area contributed by atoms with Crippen LogP contribution in [0.2, 0.25) is 0 Å². The molecule has 0 aliphatic heterocycles. The molecule has 30 nitrogen and oxygen atoms in total. The van der Waals surface area contributed by atoms with E-state index in [9.17, 15) is 28.8 Å². The predicted octanol–water partition coefficient (Wildman–Crippen LogP) is 17.1. The summed E-state index contributed by atoms with van der Waals surface area (Å²) < 4.78 is 64.8. The Morgan fingerprint density at radius 2 is 0.478 bits per heavy atom. The van der Waals surface area contributed by atoms with Crippen molar-refractivity contribution in [3.63, 3.8) is 0 Å². The lowest BCUT2D eigenvalue weighted by Crippen LogP contribution is -2.16. The molecular formula is C102H124N12O18S2. The van der Waals surface area contributed by atoms with E-state index in [1.54, 1.807) is 116 Å². The maximum atomic E-state index is 12.4. The van der Waals surface area contributed by atoms with Gasteiger partial charge in [0.15, 0.2) is 34.7 Å². The second kappa shape index (κ2) is 57.0. The molecule has 0 aliphatic rings. The fourth-order valence-electron chi connectivity index (χ4n) is 11.5. The van der Waals surface area contributed by atoms with Crippen molar-refractivity contribution in [1.29, 1.82) is 0 Å². The molecule has 134 heavy (non-hydrogen) atoms. The van der Waals surface area contributed by atoms with Crippen molar-refractivity contribution in [3.8, 4) is 34.5 Å². The van der Waals surface area contributed by atoms with Gasteiger partial charge in [0, 0.05) is 219 Å². The molecule has 0 fully saturated rings. The summed E-state index contributed by atoms with van der Waals surface area (Å²) in [6.45, 7) is 32.9. The zero-order valence-electron chi connectivity index (χ0n) is 80.6. The summed E-state index contributed by atoms with van der Waals surface area (Å²) in [7, 11) is 9.81. The molecule has 0 radical (unpaired) electrons. The molecule has 0 amide bonds. The quantitative estimate of drug-likeness (QED) is 0.0321. The summed E-state index contributed by atoms with van der Waals surface area (Å²) in [5.74, 6) is 3.36. The predicted molar refractivity (Wildman–Crippen MR) is 514 cm³/mol. The lowest BCUT2D eigenvalue weighted by Gasteiger charge is -2.12. The lowest BCUT2D eigenvalue weighted by atomic mass is 10.1. The number of ketones is 6. The van der Waals surface area contributed by atoms with Crippen molar-refractivity contribution in [1.82, 2.24) is 59.8 Å². The van der Waals surface area contributed by atoms with Gasteiger partial charge in [-0.05, 0) is 158 Å². The Balaban J connectivity index is 0.000000219. The van der Waals surface area contributed by atoms with E-state index in [-0.39, 0.29) is 110 Å². The van der Waals surface area contributed by atoms with Crippen LogP contribution in [0.25, 0.3) is 0 Å². The summed E-state index contributed by atoms with van der Waals surface area (Å²) in [4.78, 5) is 125. The fraction of sp³-hybridized carbons (Fsp3) is 0.392. The van der Waals surface area contributed by atoms with Crippen LogP contribution in [-0.4, -0.2) is 213 Å². The van der Waals surface area contributed by atoms with Gasteiger partial charge in [-0.3, -0.25) is 48.7 Å². The van der Waals surface area contributed by atoms with Crippen LogP contribution in [0.3, 0.4) is 0 Å². The van der Waals surface area contributed by atoms with Gasteiger partial charge >= 0.3 is 0 Å². The van der Waals surface area contributed by atoms with Gasteiger partial charge in [-0.2, -0.15) is 0 Å². The molecule has 32 heteroatoms. The van der Waals surface area contributed by atoms with Crippen molar-refractivity contribution in [2.45, 2.75) is 186 Å². The van der Waals surface area contributed by atoms with Crippen molar-refractivity contribution in [2.24, 2.45) is 0 Å². The number of aryl methyl sites for hydroxylation is 10. The second-order valence-electron chi connectivity index (χ2n) is 31.8. The Bertz CT molecular complexity index is 5350. The number of hydrogen-bond donors (Lipinski definition) is 0. The number of rotatable bonds is 42. The molecule has 0 aliphatic carbocycles. The van der Waals surface area contributed by atoms with Crippen LogP contribution in [0, 0.1) is 69.2 Å². The average Bonchev–Trinajstić information content (AvgIpc) is 1.35. The zero-order chi connectivity index (χ0) is 97.8. The number of carbonyl (C=O) groups is 6. The Kier molecular flexibility index (Phi) is 46.1. The van der Waals surface area contributed by atoms with E-state index < -0.39 is 0 Å². The van der Waals surface area contributed by atoms with Crippen molar-refractivity contribution in [2.75, 3.05) is 82.3 Å². The molecule has 712 valence electrons. The van der Waals surface area contributed by atoms with Crippen LogP contribution in [0.1, 0.15) is 194 Å². The summed E-state index contributed by atoms with van der Waals surface area (Å²) >= 11 is 2.98. The van der Waals surface area contributed by atoms with Gasteiger partial charge in [0.25, 0.3) is 0 Å². The van der Waals surface area contributed by atoms with Crippen LogP contribution in [0.15, 0.2) is 169 Å². The van der Waals surface area contributed by atoms with E-state index >= 15 is 0 Å². The number of Topliss-reactive ketones (excluding diaryl/α,β-unsaturated/α-hetero) is 6. The van der Waals surface area contributed by atoms with E-state index in [1.807, 2.05) is 206 Å². The first kappa shape index (κ1) is 108. The molecule has 6 atom stereocenters. The van der Waals surface area contributed by atoms with E-state index in [2.05, 4.69) is 59.8 Å². The largest absolute Gasteiger partial charge is 0.491 e. The van der Waals surface area contributed by atoms with Crippen LogP contribution in [0.4, 0.5) is 0 Å². The van der Waals surface area contributed by atoms with Crippen LogP contribution in [-0.2, 0) is 66.9 Å². The monoisotopic (exact) mass is 1870 g/mol. The number of methoxy groups -OCH3 is 6. The first-order chi connectivity index (χ1) is 64.1. The number of carbonyl (C=O) groups excluding carboxylic acids is 6. The molecule has 12 heterocycles. The van der Waals surface area contributed by atoms with Crippen LogP contribution < -0.4 is 28.4 Å². The van der Waals surface area contributed by atoms with Crippen LogP contribution >= 0.6 is 22.7 Å². The van der Waals surface area contributed by atoms with E-state index in [0.717, 1.165) is 89.5 Å². The molecule has 0 bridgehead atoms. The number of aromatic nitrogens is 12. The fourth-order valence-corrected chi connectivity index (χ4v) is 13.1. The summed E-state index contributed by atoms with van der Waals surface area (Å²) in [6, 6.07) is 39.5. The first-order valence-corrected chi connectivity index (χ1v) is 45.3. The maximum absolute atomic E-state index is 12.4. The van der Waals surface area contributed by atoms with Gasteiger partial charge < -0.3 is 56.8 Å². The molecular weight excluding hydrogens is 1750 g/mol. The second-order valence-corrected chi connectivity index (χ2v) is 33.7. The molecule has 0 saturated carbocycles. The smallest absolute Gasteiger partial charge is 0.188 e. The topological polar surface area (TPSA) is 368 Å². The highest BCUT2D eigenvalue weighted by atomic mass is 32.1. The van der Waals surface area contributed by atoms with Gasteiger partial charge in [-0.25, -0.2) is 39.9 Å². The zero-order valence-corrected chi connectivity index (χ0v) is 82.3. The molecule has 12 aromatic rings. The normalized spacial score (nSPS) is 12.0. The van der Waals surface area contributed by atoms with Crippen molar-refractivity contribution < 1.29 is 85.6 Å². The molecule has 0 saturated heterocycles. The highest BCUT2D eigenvalue weighted by Crippen LogP contribution is 2.25. The van der Waals surface area contributed by atoms with Gasteiger partial charge in [-0.1, -0.05) is 24.3 Å². The molecule has 0 aromatic carbocycles. The third-order valence-electron chi connectivity index (χ3n) is 19.3. The van der Waals surface area contributed by atoms with E-state index in [0.29, 0.717) is 108 Å². The standard InChI is InChI=1S/2C18H22N2O3.2C17H20N2O3.2C16H20N2O3S/c2*1-12-5-6-15(19-10-12)8-18(21)17-9-16(7-13(2)20-17)23-11-14(3)22-4;2*1-12-8-15(22-11-13(2)21-3)10-16(19-12)17(20)9-14-6-4-5-7-18-14;2*1-10-5-13(21-8-12(3)20-4)6-14(17-10)15(19)7-16-18-11(2)9-22-16/h2*5-7,9-10,14H,8,11H2,1-4H3;2*4-8,10,13H,9,11H2,1-3H3;2*5-6,9,12H,7-8H2,1-4H3/t2*14-;2*13-;2*12-/m101010/s1. The average molecular weight is 1870 g/mol. The van der Waals surface area contributed by atoms with Gasteiger partial charge in [0.05, 0.1) is 75.1 Å². The molecule has 0 unspecified atom stereocenters. The van der Waals surface area contributed by atoms with Gasteiger partial charge in [0.1, 0.15) is 118 Å². The summed E-state index contributed by atoms with van der Waals surface area (Å²) in [5.41, 5.74) is 13.8. The third kappa shape index (κ3) is 40.4. The molecule has 12 rings (SSSR count). The first-order valence-electron chi connectivity index (χ1n) is 43.6. The van der Waals surface area contributed by atoms with Crippen molar-refractivity contribution in [3.05, 3.63) is 293 Å².